The lowest BCUT2D eigenvalue weighted by Gasteiger charge is -2.27. The largest absolute Gasteiger partial charge is 0.355 e. The molecule has 6 rings (SSSR count). The molecule has 45 heavy (non-hydrogen) atoms. The number of nitrogens with zero attached hydrogens (tertiary/aromatic N) is 5. The topological polar surface area (TPSA) is 139 Å². The van der Waals surface area contributed by atoms with Gasteiger partial charge in [0, 0.05) is 61.2 Å². The van der Waals surface area contributed by atoms with E-state index in [4.69, 9.17) is 5.10 Å². The molecule has 11 nitrogen and oxygen atoms in total. The van der Waals surface area contributed by atoms with Gasteiger partial charge in [0.1, 0.15) is 24.1 Å². The Hall–Kier alpha value is -4.15. The number of rotatable bonds is 6. The average Bonchev–Trinajstić information content (AvgIpc) is 3.43. The molecule has 238 valence electrons. The van der Waals surface area contributed by atoms with Crippen LogP contribution in [0.4, 0.5) is 0 Å². The molecular weight excluding hydrogens is 570 g/mol. The molecule has 0 spiro atoms. The second-order valence-electron chi connectivity index (χ2n) is 13.1. The third kappa shape index (κ3) is 6.21. The molecule has 2 fully saturated rings. The van der Waals surface area contributed by atoms with Gasteiger partial charge >= 0.3 is 0 Å². The number of nitrogens with one attached hydrogen (secondary N) is 2. The standard InChI is InChI=1S/C34H43N7O4/c1-4-5-12-35-33(45)27-15-34-16-28(34)41(27)30(44)19-40-32-23(10-8-6-7-9-11-29(43)38-20-34)13-24(25-17-36-22(3)37-18-25)14-26(32)31(39-40)21(2)42/h13-14,17-18,27-28H,4-12,15-16,19-20H2,1-3H3,(H,35,45)(H,38,43)/t27-,28+,34-/m0/s1. The fourth-order valence-electron chi connectivity index (χ4n) is 7.18. The molecule has 3 aliphatic rings. The van der Waals surface area contributed by atoms with Gasteiger partial charge in [-0.1, -0.05) is 26.2 Å². The van der Waals surface area contributed by atoms with Gasteiger partial charge in [-0.15, -0.1) is 0 Å². The molecule has 0 radical (unpaired) electrons. The number of aryl methyl sites for hydroxylation is 2. The summed E-state index contributed by atoms with van der Waals surface area (Å²) in [5.74, 6) is 0.173. The van der Waals surface area contributed by atoms with E-state index in [2.05, 4.69) is 33.6 Å². The van der Waals surface area contributed by atoms with Crippen LogP contribution in [0.2, 0.25) is 0 Å². The molecule has 1 saturated heterocycles. The first-order chi connectivity index (χ1) is 21.7. The molecule has 11 heteroatoms. The minimum atomic E-state index is -0.606. The van der Waals surface area contributed by atoms with Gasteiger partial charge in [-0.05, 0) is 68.7 Å². The van der Waals surface area contributed by atoms with E-state index in [1.54, 1.807) is 22.0 Å². The first-order valence-electron chi connectivity index (χ1n) is 16.4. The summed E-state index contributed by atoms with van der Waals surface area (Å²) in [5, 5.41) is 11.6. The van der Waals surface area contributed by atoms with Gasteiger partial charge < -0.3 is 15.5 Å². The lowest BCUT2D eigenvalue weighted by atomic mass is 9.96. The molecule has 1 aromatic carbocycles. The summed E-state index contributed by atoms with van der Waals surface area (Å²) in [6.07, 6.45) is 11.4. The van der Waals surface area contributed by atoms with Crippen molar-refractivity contribution in [1.82, 2.24) is 35.3 Å². The van der Waals surface area contributed by atoms with Crippen molar-refractivity contribution in [1.29, 1.82) is 0 Å². The molecule has 2 aliphatic heterocycles. The zero-order valence-electron chi connectivity index (χ0n) is 26.5. The summed E-state index contributed by atoms with van der Waals surface area (Å²) in [6, 6.07) is 3.31. The van der Waals surface area contributed by atoms with Crippen LogP contribution < -0.4 is 10.6 Å². The smallest absolute Gasteiger partial charge is 0.245 e. The number of hydrogen-bond acceptors (Lipinski definition) is 7. The lowest BCUT2D eigenvalue weighted by molar-refractivity contribution is -0.140. The highest BCUT2D eigenvalue weighted by molar-refractivity contribution is 6.07. The van der Waals surface area contributed by atoms with Crippen LogP contribution >= 0.6 is 0 Å². The second kappa shape index (κ2) is 12.7. The molecule has 1 aliphatic carbocycles. The van der Waals surface area contributed by atoms with E-state index in [9.17, 15) is 19.2 Å². The molecule has 3 aromatic rings. The van der Waals surface area contributed by atoms with E-state index in [0.717, 1.165) is 73.6 Å². The fourth-order valence-corrected chi connectivity index (χ4v) is 7.18. The highest BCUT2D eigenvalue weighted by atomic mass is 16.2. The number of amides is 3. The van der Waals surface area contributed by atoms with Crippen LogP contribution in [-0.2, 0) is 27.3 Å². The van der Waals surface area contributed by atoms with E-state index in [0.29, 0.717) is 42.8 Å². The predicted molar refractivity (Wildman–Crippen MR) is 169 cm³/mol. The van der Waals surface area contributed by atoms with Crippen molar-refractivity contribution in [2.45, 2.75) is 104 Å². The van der Waals surface area contributed by atoms with Crippen LogP contribution in [0, 0.1) is 12.3 Å². The SMILES string of the molecule is CCCCNC(=O)[C@@H]1C[C@]23CNC(=O)CCCCCCc4cc(-c5cnc(C)nc5)cc5c(C(C)=O)nn(c45)CC(=O)N1[C@@H]2C3. The first-order valence-corrected chi connectivity index (χ1v) is 16.4. The Balaban J connectivity index is 1.41. The summed E-state index contributed by atoms with van der Waals surface area (Å²) in [4.78, 5) is 63.7. The summed E-state index contributed by atoms with van der Waals surface area (Å²) in [7, 11) is 0. The molecule has 1 saturated carbocycles. The minimum Gasteiger partial charge on any atom is -0.355 e. The van der Waals surface area contributed by atoms with Crippen LogP contribution in [0.3, 0.4) is 0 Å². The molecular formula is C34H43N7O4. The van der Waals surface area contributed by atoms with E-state index in [-0.39, 0.29) is 41.5 Å². The maximum absolute atomic E-state index is 14.2. The lowest BCUT2D eigenvalue weighted by Crippen LogP contribution is -2.49. The van der Waals surface area contributed by atoms with Crippen molar-refractivity contribution < 1.29 is 19.2 Å². The monoisotopic (exact) mass is 613 g/mol. The molecule has 2 bridgehead atoms. The Morgan fingerprint density at radius 2 is 1.80 bits per heavy atom. The second-order valence-corrected chi connectivity index (χ2v) is 13.1. The van der Waals surface area contributed by atoms with E-state index >= 15 is 0 Å². The van der Waals surface area contributed by atoms with Gasteiger partial charge in [-0.3, -0.25) is 23.9 Å². The van der Waals surface area contributed by atoms with Crippen LogP contribution in [0.1, 0.15) is 93.5 Å². The van der Waals surface area contributed by atoms with Gasteiger partial charge in [0.05, 0.1) is 5.52 Å². The van der Waals surface area contributed by atoms with Crippen LogP contribution in [0.25, 0.3) is 22.0 Å². The fraction of sp³-hybridized carbons (Fsp3) is 0.559. The van der Waals surface area contributed by atoms with Crippen molar-refractivity contribution >= 4 is 34.4 Å². The molecule has 4 heterocycles. The maximum Gasteiger partial charge on any atom is 0.245 e. The van der Waals surface area contributed by atoms with Gasteiger partial charge in [0.15, 0.2) is 5.78 Å². The Bertz CT molecular complexity index is 1630. The maximum atomic E-state index is 14.2. The molecule has 2 aromatic heterocycles. The zero-order chi connectivity index (χ0) is 31.7. The normalized spacial score (nSPS) is 23.8. The van der Waals surface area contributed by atoms with Crippen LogP contribution in [0.15, 0.2) is 24.5 Å². The number of piperidine rings is 1. The highest BCUT2D eigenvalue weighted by Crippen LogP contribution is 2.59. The van der Waals surface area contributed by atoms with E-state index < -0.39 is 6.04 Å². The van der Waals surface area contributed by atoms with E-state index in [1.165, 1.54) is 6.92 Å². The minimum absolute atomic E-state index is 0.0275. The number of ketones is 1. The number of hydrogen-bond donors (Lipinski definition) is 2. The number of carbonyl (C=O) groups is 4. The quantitative estimate of drug-likeness (QED) is 0.318. The Morgan fingerprint density at radius 1 is 1.04 bits per heavy atom. The summed E-state index contributed by atoms with van der Waals surface area (Å²) < 4.78 is 1.67. The van der Waals surface area contributed by atoms with Gasteiger partial charge in [0.25, 0.3) is 0 Å². The summed E-state index contributed by atoms with van der Waals surface area (Å²) in [5.41, 5.74) is 3.52. The van der Waals surface area contributed by atoms with E-state index in [1.807, 2.05) is 13.0 Å². The number of benzene rings is 1. The Kier molecular flexibility index (Phi) is 8.70. The molecule has 0 unspecified atom stereocenters. The number of unbranched alkanes of at least 4 members (excludes halogenated alkanes) is 1. The number of carbonyl (C=O) groups excluding carboxylic acids is 4. The van der Waals surface area contributed by atoms with Crippen molar-refractivity contribution in [2.24, 2.45) is 5.41 Å². The predicted octanol–water partition coefficient (Wildman–Crippen LogP) is 3.90. The number of Topliss-reactive ketones (excluding diaryl/α,β-unsaturated/α-hetero) is 1. The van der Waals surface area contributed by atoms with Crippen LogP contribution in [0.5, 0.6) is 0 Å². The van der Waals surface area contributed by atoms with Crippen molar-refractivity contribution in [3.8, 4) is 11.1 Å². The van der Waals surface area contributed by atoms with Crippen molar-refractivity contribution in [3.63, 3.8) is 0 Å². The van der Waals surface area contributed by atoms with Crippen LogP contribution in [-0.4, -0.2) is 73.3 Å². The average molecular weight is 614 g/mol. The molecule has 3 atom stereocenters. The third-order valence-corrected chi connectivity index (χ3v) is 9.73. The van der Waals surface area contributed by atoms with Gasteiger partial charge in [-0.2, -0.15) is 5.10 Å². The number of aromatic nitrogens is 4. The summed E-state index contributed by atoms with van der Waals surface area (Å²) in [6.45, 7) is 6.35. The Labute approximate surface area is 263 Å². The van der Waals surface area contributed by atoms with Crippen molar-refractivity contribution in [2.75, 3.05) is 13.1 Å². The van der Waals surface area contributed by atoms with Gasteiger partial charge in [0.2, 0.25) is 17.7 Å². The van der Waals surface area contributed by atoms with Gasteiger partial charge in [-0.25, -0.2) is 9.97 Å². The van der Waals surface area contributed by atoms with Crippen molar-refractivity contribution in [3.05, 3.63) is 41.6 Å². The highest BCUT2D eigenvalue weighted by Gasteiger charge is 2.67. The third-order valence-electron chi connectivity index (χ3n) is 9.73. The Morgan fingerprint density at radius 3 is 2.53 bits per heavy atom. The first kappa shape index (κ1) is 30.9. The summed E-state index contributed by atoms with van der Waals surface area (Å²) >= 11 is 0. The molecule has 2 N–H and O–H groups in total. The zero-order valence-corrected chi connectivity index (χ0v) is 26.5. The molecule has 3 amide bonds.